The Hall–Kier alpha value is -1.43. The lowest BCUT2D eigenvalue weighted by molar-refractivity contribution is -0.124. The normalized spacial score (nSPS) is 13.6. The van der Waals surface area contributed by atoms with Gasteiger partial charge in [-0.3, -0.25) is 4.79 Å². The number of rotatable bonds is 51. The number of allylic oxidation sites excluding steroid dienone is 5. The Bertz CT molecular complexity index is 962. The zero-order valence-corrected chi connectivity index (χ0v) is 41.8. The van der Waals surface area contributed by atoms with Crippen molar-refractivity contribution < 1.29 is 20.1 Å². The van der Waals surface area contributed by atoms with E-state index in [-0.39, 0.29) is 18.9 Å². The number of hydrogen-bond donors (Lipinski definition) is 4. The van der Waals surface area contributed by atoms with Gasteiger partial charge >= 0.3 is 0 Å². The van der Waals surface area contributed by atoms with Crippen LogP contribution in [-0.4, -0.2) is 46.1 Å². The average Bonchev–Trinajstić information content (AvgIpc) is 3.27. The van der Waals surface area contributed by atoms with Gasteiger partial charge in [-0.15, -0.1) is 0 Å². The minimum atomic E-state index is -0.959. The standard InChI is InChI=1S/C57H109NO4/c1-3-5-7-9-11-13-15-17-19-21-23-25-27-29-31-33-35-37-39-41-43-45-47-49-51-56(61)55(53-59)58-57(62)52-54(60)50-48-46-44-42-40-38-36-34-32-30-28-26-24-22-20-18-16-14-12-10-8-6-4-2/h33,35,41,43,49,51,54-56,59-61H,3-32,34,36-40,42,44-48,50,52-53H2,1-2H3,(H,58,62)/b35-33+,43-41+,51-49+. The Kier molecular flexibility index (Phi) is 51.0. The van der Waals surface area contributed by atoms with Crippen molar-refractivity contribution in [2.45, 2.75) is 315 Å². The number of hydrogen-bond acceptors (Lipinski definition) is 4. The lowest BCUT2D eigenvalue weighted by Gasteiger charge is -2.21. The van der Waals surface area contributed by atoms with Crippen LogP contribution in [-0.2, 0) is 4.79 Å². The second-order valence-corrected chi connectivity index (χ2v) is 19.2. The maximum atomic E-state index is 12.5. The summed E-state index contributed by atoms with van der Waals surface area (Å²) >= 11 is 0. The molecule has 62 heavy (non-hydrogen) atoms. The van der Waals surface area contributed by atoms with Gasteiger partial charge in [0, 0.05) is 0 Å². The zero-order chi connectivity index (χ0) is 45.1. The first-order valence-electron chi connectivity index (χ1n) is 27.8. The molecule has 4 N–H and O–H groups in total. The Balaban J connectivity index is 3.62. The Labute approximate surface area is 387 Å². The summed E-state index contributed by atoms with van der Waals surface area (Å²) in [4.78, 5) is 12.5. The van der Waals surface area contributed by atoms with E-state index >= 15 is 0 Å². The first-order chi connectivity index (χ1) is 30.5. The SMILES string of the molecule is CCCCCCCCCCCCCCCC/C=C/CC/C=C/CC/C=C/C(O)C(CO)NC(=O)CC(O)CCCCCCCCCCCCCCCCCCCCCCCCC. The molecule has 0 aromatic rings. The van der Waals surface area contributed by atoms with E-state index in [4.69, 9.17) is 0 Å². The van der Waals surface area contributed by atoms with Crippen molar-refractivity contribution in [3.05, 3.63) is 36.5 Å². The minimum absolute atomic E-state index is 0.00566. The van der Waals surface area contributed by atoms with E-state index in [0.717, 1.165) is 38.5 Å². The van der Waals surface area contributed by atoms with E-state index in [2.05, 4.69) is 43.5 Å². The highest BCUT2D eigenvalue weighted by Gasteiger charge is 2.20. The van der Waals surface area contributed by atoms with Gasteiger partial charge in [-0.1, -0.05) is 281 Å². The first-order valence-corrected chi connectivity index (χ1v) is 27.8. The van der Waals surface area contributed by atoms with Gasteiger partial charge in [0.2, 0.25) is 5.91 Å². The van der Waals surface area contributed by atoms with Crippen LogP contribution in [0.2, 0.25) is 0 Å². The molecule has 0 saturated heterocycles. The van der Waals surface area contributed by atoms with Gasteiger partial charge < -0.3 is 20.6 Å². The van der Waals surface area contributed by atoms with Crippen LogP contribution in [0.1, 0.15) is 296 Å². The smallest absolute Gasteiger partial charge is 0.222 e. The molecule has 3 atom stereocenters. The van der Waals surface area contributed by atoms with Crippen LogP contribution in [0.5, 0.6) is 0 Å². The van der Waals surface area contributed by atoms with Crippen molar-refractivity contribution in [1.82, 2.24) is 5.32 Å². The fourth-order valence-corrected chi connectivity index (χ4v) is 8.67. The summed E-state index contributed by atoms with van der Waals surface area (Å²) in [5, 5.41) is 33.4. The van der Waals surface area contributed by atoms with Crippen LogP contribution in [0.25, 0.3) is 0 Å². The number of carbonyl (C=O) groups excluding carboxylic acids is 1. The number of amides is 1. The molecule has 0 heterocycles. The van der Waals surface area contributed by atoms with Gasteiger partial charge in [-0.25, -0.2) is 0 Å². The maximum Gasteiger partial charge on any atom is 0.222 e. The van der Waals surface area contributed by atoms with E-state index in [1.807, 2.05) is 6.08 Å². The fourth-order valence-electron chi connectivity index (χ4n) is 8.67. The molecule has 0 spiro atoms. The van der Waals surface area contributed by atoms with Gasteiger partial charge in [0.1, 0.15) is 0 Å². The number of unbranched alkanes of at least 4 members (excludes halogenated alkanes) is 38. The summed E-state index contributed by atoms with van der Waals surface area (Å²) in [6.45, 7) is 4.23. The monoisotopic (exact) mass is 872 g/mol. The third-order valence-corrected chi connectivity index (χ3v) is 12.9. The van der Waals surface area contributed by atoms with Crippen molar-refractivity contribution in [2.24, 2.45) is 0 Å². The molecule has 0 aliphatic heterocycles. The van der Waals surface area contributed by atoms with Crippen LogP contribution in [0.3, 0.4) is 0 Å². The number of nitrogens with one attached hydrogen (secondary N) is 1. The van der Waals surface area contributed by atoms with Gasteiger partial charge in [0.15, 0.2) is 0 Å². The van der Waals surface area contributed by atoms with Crippen molar-refractivity contribution in [2.75, 3.05) is 6.61 Å². The second-order valence-electron chi connectivity index (χ2n) is 19.2. The van der Waals surface area contributed by atoms with Crippen molar-refractivity contribution >= 4 is 5.91 Å². The average molecular weight is 873 g/mol. The third-order valence-electron chi connectivity index (χ3n) is 12.9. The first kappa shape index (κ1) is 60.6. The molecule has 0 saturated carbocycles. The maximum absolute atomic E-state index is 12.5. The molecule has 0 aromatic heterocycles. The molecule has 366 valence electrons. The minimum Gasteiger partial charge on any atom is -0.394 e. The Morgan fingerprint density at radius 3 is 1.03 bits per heavy atom. The topological polar surface area (TPSA) is 89.8 Å². The van der Waals surface area contributed by atoms with E-state index < -0.39 is 18.2 Å². The molecule has 0 fully saturated rings. The van der Waals surface area contributed by atoms with Crippen LogP contribution in [0, 0.1) is 0 Å². The van der Waals surface area contributed by atoms with Crippen LogP contribution >= 0.6 is 0 Å². The summed E-state index contributed by atoms with van der Waals surface area (Å²) in [7, 11) is 0. The van der Waals surface area contributed by atoms with Crippen molar-refractivity contribution in [3.63, 3.8) is 0 Å². The van der Waals surface area contributed by atoms with E-state index in [1.54, 1.807) is 6.08 Å². The second kappa shape index (κ2) is 52.2. The molecule has 0 rings (SSSR count). The number of carbonyl (C=O) groups is 1. The largest absolute Gasteiger partial charge is 0.394 e. The van der Waals surface area contributed by atoms with Crippen molar-refractivity contribution in [1.29, 1.82) is 0 Å². The molecule has 0 aliphatic carbocycles. The van der Waals surface area contributed by atoms with Gasteiger partial charge in [-0.2, -0.15) is 0 Å². The molecule has 0 aliphatic rings. The van der Waals surface area contributed by atoms with Crippen molar-refractivity contribution in [3.8, 4) is 0 Å². The lowest BCUT2D eigenvalue weighted by atomic mass is 10.0. The molecular weight excluding hydrogens is 763 g/mol. The number of aliphatic hydroxyl groups is 3. The highest BCUT2D eigenvalue weighted by molar-refractivity contribution is 5.76. The summed E-state index contributed by atoms with van der Waals surface area (Å²) in [6, 6.07) is -0.767. The third kappa shape index (κ3) is 48.0. The summed E-state index contributed by atoms with van der Waals surface area (Å²) < 4.78 is 0. The van der Waals surface area contributed by atoms with E-state index in [0.29, 0.717) is 6.42 Å². The van der Waals surface area contributed by atoms with Gasteiger partial charge in [0.25, 0.3) is 0 Å². The summed E-state index contributed by atoms with van der Waals surface area (Å²) in [5.41, 5.74) is 0. The predicted molar refractivity (Wildman–Crippen MR) is 273 cm³/mol. The molecule has 1 amide bonds. The molecule has 0 aromatic carbocycles. The molecule has 3 unspecified atom stereocenters. The van der Waals surface area contributed by atoms with Crippen LogP contribution in [0.4, 0.5) is 0 Å². The molecule has 0 bridgehead atoms. The van der Waals surface area contributed by atoms with Crippen LogP contribution in [0.15, 0.2) is 36.5 Å². The molecule has 0 radical (unpaired) electrons. The number of aliphatic hydroxyl groups excluding tert-OH is 3. The quantitative estimate of drug-likeness (QED) is 0.0362. The molecular formula is C57H109NO4. The molecule has 5 nitrogen and oxygen atoms in total. The predicted octanol–water partition coefficient (Wildman–Crippen LogP) is 17.1. The lowest BCUT2D eigenvalue weighted by Crippen LogP contribution is -2.45. The Morgan fingerprint density at radius 1 is 0.403 bits per heavy atom. The highest BCUT2D eigenvalue weighted by Crippen LogP contribution is 2.17. The van der Waals surface area contributed by atoms with Gasteiger partial charge in [0.05, 0.1) is 31.3 Å². The van der Waals surface area contributed by atoms with E-state index in [9.17, 15) is 20.1 Å². The molecule has 5 heteroatoms. The van der Waals surface area contributed by atoms with Gasteiger partial charge in [-0.05, 0) is 44.9 Å². The van der Waals surface area contributed by atoms with E-state index in [1.165, 1.54) is 231 Å². The summed E-state index contributed by atoms with van der Waals surface area (Å²) in [5.74, 6) is -0.324. The van der Waals surface area contributed by atoms with Crippen LogP contribution < -0.4 is 5.32 Å². The highest BCUT2D eigenvalue weighted by atomic mass is 16.3. The fraction of sp³-hybridized carbons (Fsp3) is 0.877. The Morgan fingerprint density at radius 2 is 0.694 bits per heavy atom. The zero-order valence-electron chi connectivity index (χ0n) is 41.8. The summed E-state index contributed by atoms with van der Waals surface area (Å²) in [6.07, 6.45) is 67.6.